The average Bonchev–Trinajstić information content (AvgIpc) is 3.11. The van der Waals surface area contributed by atoms with Gasteiger partial charge in [-0.05, 0) is 50.6 Å². The molecule has 2 N–H and O–H groups in total. The van der Waals surface area contributed by atoms with Crippen LogP contribution in [0.1, 0.15) is 45.6 Å². The van der Waals surface area contributed by atoms with E-state index in [0.29, 0.717) is 13.0 Å². The summed E-state index contributed by atoms with van der Waals surface area (Å²) in [5.74, 6) is 1.08. The zero-order valence-electron chi connectivity index (χ0n) is 17.1. The molecule has 1 heterocycles. The molecule has 1 aromatic rings. The number of nitrogens with zero attached hydrogens (tertiary/aromatic N) is 3. The molecule has 27 heavy (non-hydrogen) atoms. The summed E-state index contributed by atoms with van der Waals surface area (Å²) < 4.78 is 0. The third kappa shape index (κ3) is 6.86. The predicted octanol–water partition coefficient (Wildman–Crippen LogP) is 2.60. The Kier molecular flexibility index (Phi) is 9.11. The van der Waals surface area contributed by atoms with E-state index >= 15 is 0 Å². The summed E-state index contributed by atoms with van der Waals surface area (Å²) in [6.07, 6.45) is 2.80. The molecule has 150 valence electrons. The van der Waals surface area contributed by atoms with Gasteiger partial charge in [-0.1, -0.05) is 26.0 Å². The number of hydrogen-bond donors (Lipinski definition) is 2. The summed E-state index contributed by atoms with van der Waals surface area (Å²) in [6.45, 7) is 12.9. The van der Waals surface area contributed by atoms with Gasteiger partial charge in [-0.15, -0.1) is 0 Å². The fourth-order valence-electron chi connectivity index (χ4n) is 3.29. The first-order chi connectivity index (χ1) is 13.2. The number of carbonyl (C=O) groups is 1. The van der Waals surface area contributed by atoms with Crippen LogP contribution in [0.25, 0.3) is 0 Å². The van der Waals surface area contributed by atoms with Crippen molar-refractivity contribution in [2.75, 3.05) is 44.2 Å². The van der Waals surface area contributed by atoms with Gasteiger partial charge in [-0.3, -0.25) is 4.79 Å². The van der Waals surface area contributed by atoms with Crippen LogP contribution >= 0.6 is 0 Å². The number of amides is 1. The molecule has 0 unspecified atom stereocenters. The molecule has 0 saturated carbocycles. The minimum atomic E-state index is 0.226. The molecule has 0 spiro atoms. The van der Waals surface area contributed by atoms with Crippen molar-refractivity contribution < 1.29 is 4.79 Å². The van der Waals surface area contributed by atoms with Crippen molar-refractivity contribution in [1.82, 2.24) is 15.5 Å². The lowest BCUT2D eigenvalue weighted by molar-refractivity contribution is -0.117. The van der Waals surface area contributed by atoms with Gasteiger partial charge in [0.2, 0.25) is 5.91 Å². The highest BCUT2D eigenvalue weighted by atomic mass is 16.2. The fourth-order valence-corrected chi connectivity index (χ4v) is 3.29. The molecular formula is C21H35N5O. The maximum atomic E-state index is 11.8. The van der Waals surface area contributed by atoms with Crippen LogP contribution in [-0.4, -0.2) is 56.0 Å². The zero-order chi connectivity index (χ0) is 19.5. The largest absolute Gasteiger partial charge is 0.357 e. The molecule has 1 aliphatic rings. The highest BCUT2D eigenvalue weighted by molar-refractivity contribution is 5.95. The second-order valence-corrected chi connectivity index (χ2v) is 6.87. The molecule has 1 amide bonds. The molecule has 0 aromatic heterocycles. The number of guanidine groups is 1. The lowest BCUT2D eigenvalue weighted by Crippen LogP contribution is -2.41. The summed E-state index contributed by atoms with van der Waals surface area (Å²) in [5, 5.41) is 6.73. The maximum Gasteiger partial charge on any atom is 0.227 e. The first-order valence-electron chi connectivity index (χ1n) is 10.3. The topological polar surface area (TPSA) is 60.0 Å². The highest BCUT2D eigenvalue weighted by Crippen LogP contribution is 2.21. The van der Waals surface area contributed by atoms with E-state index in [-0.39, 0.29) is 5.91 Å². The van der Waals surface area contributed by atoms with Crippen molar-refractivity contribution >= 4 is 17.6 Å². The van der Waals surface area contributed by atoms with E-state index in [1.54, 1.807) is 0 Å². The molecule has 6 heteroatoms. The Morgan fingerprint density at radius 2 is 1.93 bits per heavy atom. The molecule has 2 rings (SSSR count). The van der Waals surface area contributed by atoms with Crippen LogP contribution in [-0.2, 0) is 11.3 Å². The van der Waals surface area contributed by atoms with Gasteiger partial charge in [-0.2, -0.15) is 0 Å². The van der Waals surface area contributed by atoms with Crippen LogP contribution < -0.4 is 15.5 Å². The van der Waals surface area contributed by atoms with Crippen LogP contribution in [0, 0.1) is 0 Å². The molecular weight excluding hydrogens is 338 g/mol. The highest BCUT2D eigenvalue weighted by Gasteiger charge is 2.21. The maximum absolute atomic E-state index is 11.8. The van der Waals surface area contributed by atoms with E-state index in [9.17, 15) is 4.79 Å². The van der Waals surface area contributed by atoms with E-state index in [1.165, 1.54) is 6.42 Å². The fraction of sp³-hybridized carbons (Fsp3) is 0.619. The summed E-state index contributed by atoms with van der Waals surface area (Å²) in [5.41, 5.74) is 2.13. The van der Waals surface area contributed by atoms with Crippen molar-refractivity contribution in [2.45, 2.75) is 46.6 Å². The van der Waals surface area contributed by atoms with Gasteiger partial charge in [0.15, 0.2) is 5.96 Å². The summed E-state index contributed by atoms with van der Waals surface area (Å²) in [6, 6.07) is 8.18. The van der Waals surface area contributed by atoms with Crippen LogP contribution in [0.5, 0.6) is 0 Å². The lowest BCUT2D eigenvalue weighted by atomic mass is 10.2. The summed E-state index contributed by atoms with van der Waals surface area (Å²) in [7, 11) is 0. The van der Waals surface area contributed by atoms with E-state index in [2.05, 4.69) is 53.4 Å². The quantitative estimate of drug-likeness (QED) is 0.489. The molecule has 0 radical (unpaired) electrons. The Hall–Kier alpha value is -2.08. The Morgan fingerprint density at radius 1 is 1.15 bits per heavy atom. The van der Waals surface area contributed by atoms with Gasteiger partial charge < -0.3 is 20.4 Å². The van der Waals surface area contributed by atoms with Crippen molar-refractivity contribution in [2.24, 2.45) is 4.99 Å². The Balaban J connectivity index is 1.87. The van der Waals surface area contributed by atoms with Crippen molar-refractivity contribution in [3.8, 4) is 0 Å². The van der Waals surface area contributed by atoms with Gasteiger partial charge in [0.1, 0.15) is 0 Å². The van der Waals surface area contributed by atoms with Gasteiger partial charge in [0.05, 0.1) is 6.54 Å². The van der Waals surface area contributed by atoms with E-state index < -0.39 is 0 Å². The van der Waals surface area contributed by atoms with Gasteiger partial charge in [0.25, 0.3) is 0 Å². The van der Waals surface area contributed by atoms with E-state index in [0.717, 1.165) is 62.9 Å². The monoisotopic (exact) mass is 373 g/mol. The van der Waals surface area contributed by atoms with Crippen molar-refractivity contribution in [3.63, 3.8) is 0 Å². The van der Waals surface area contributed by atoms with Gasteiger partial charge in [0, 0.05) is 38.3 Å². The number of rotatable bonds is 10. The van der Waals surface area contributed by atoms with Gasteiger partial charge in [-0.25, -0.2) is 4.99 Å². The second kappa shape index (κ2) is 11.6. The van der Waals surface area contributed by atoms with Crippen LogP contribution in [0.4, 0.5) is 5.69 Å². The first kappa shape index (κ1) is 21.2. The van der Waals surface area contributed by atoms with Crippen LogP contribution in [0.3, 0.4) is 0 Å². The number of nitrogens with one attached hydrogen (secondary N) is 2. The first-order valence-corrected chi connectivity index (χ1v) is 10.3. The third-order valence-corrected chi connectivity index (χ3v) is 4.79. The molecule has 6 nitrogen and oxygen atoms in total. The van der Waals surface area contributed by atoms with Crippen LogP contribution in [0.15, 0.2) is 29.3 Å². The zero-order valence-corrected chi connectivity index (χ0v) is 17.1. The number of hydrogen-bond acceptors (Lipinski definition) is 3. The van der Waals surface area contributed by atoms with E-state index in [1.807, 2.05) is 17.0 Å². The number of carbonyl (C=O) groups excluding carboxylic acids is 1. The molecule has 1 aliphatic heterocycles. The minimum absolute atomic E-state index is 0.226. The molecule has 0 aliphatic carbocycles. The normalized spacial score (nSPS) is 14.9. The number of anilines is 1. The summed E-state index contributed by atoms with van der Waals surface area (Å²) >= 11 is 0. The van der Waals surface area contributed by atoms with E-state index in [4.69, 9.17) is 0 Å². The third-order valence-electron chi connectivity index (χ3n) is 4.79. The predicted molar refractivity (Wildman–Crippen MR) is 113 cm³/mol. The number of likely N-dealkylation sites (N-methyl/N-ethyl adjacent to an activating group) is 1. The standard InChI is InChI=1S/C21H35N5O/c1-4-14-25(6-3)16-13-23-21(22-5-2)24-17-18-9-11-19(12-10-18)26-15-7-8-20(26)27/h9-12H,4-8,13-17H2,1-3H3,(H2,22,23,24). The number of aliphatic imine (C=N–C) groups is 1. The lowest BCUT2D eigenvalue weighted by Gasteiger charge is -2.20. The Bertz CT molecular complexity index is 599. The van der Waals surface area contributed by atoms with Crippen molar-refractivity contribution in [3.05, 3.63) is 29.8 Å². The van der Waals surface area contributed by atoms with Crippen LogP contribution in [0.2, 0.25) is 0 Å². The summed E-state index contributed by atoms with van der Waals surface area (Å²) in [4.78, 5) is 20.8. The minimum Gasteiger partial charge on any atom is -0.357 e. The molecule has 1 saturated heterocycles. The smallest absolute Gasteiger partial charge is 0.227 e. The SMILES string of the molecule is CCCN(CC)CCNC(=NCc1ccc(N2CCCC2=O)cc1)NCC. The molecule has 0 atom stereocenters. The molecule has 1 aromatic carbocycles. The second-order valence-electron chi connectivity index (χ2n) is 6.87. The van der Waals surface area contributed by atoms with Gasteiger partial charge >= 0.3 is 0 Å². The molecule has 1 fully saturated rings. The molecule has 0 bridgehead atoms. The Labute approximate surface area is 164 Å². The average molecular weight is 374 g/mol. The number of benzene rings is 1. The Morgan fingerprint density at radius 3 is 2.52 bits per heavy atom. The van der Waals surface area contributed by atoms with Crippen molar-refractivity contribution in [1.29, 1.82) is 0 Å².